The molecule has 1 heterocycles. The van der Waals surface area contributed by atoms with Gasteiger partial charge in [0.15, 0.2) is 5.16 Å². The van der Waals surface area contributed by atoms with Gasteiger partial charge in [0.2, 0.25) is 11.8 Å². The van der Waals surface area contributed by atoms with Crippen molar-refractivity contribution in [3.05, 3.63) is 60.4 Å². The molecule has 1 aromatic heterocycles. The zero-order chi connectivity index (χ0) is 22.2. The van der Waals surface area contributed by atoms with E-state index in [4.69, 9.17) is 5.73 Å². The SMILES string of the molecule is CC(C)Cn1c(CCC(N)=O)nnc1SCC(=O)Nc1ccc(-c2ccccc2)cc1. The van der Waals surface area contributed by atoms with Gasteiger partial charge in [-0.1, -0.05) is 68.1 Å². The number of hydrogen-bond donors (Lipinski definition) is 2. The second kappa shape index (κ2) is 10.8. The molecule has 7 nitrogen and oxygen atoms in total. The summed E-state index contributed by atoms with van der Waals surface area (Å²) >= 11 is 1.33. The van der Waals surface area contributed by atoms with Crippen molar-refractivity contribution in [1.29, 1.82) is 0 Å². The number of amides is 2. The standard InChI is InChI=1S/C23H27N5O2S/c1-16(2)14-28-21(13-12-20(24)29)26-27-23(28)31-15-22(30)25-19-10-8-18(9-11-19)17-6-4-3-5-7-17/h3-11,16H,12-15H2,1-2H3,(H2,24,29)(H,25,30). The van der Waals surface area contributed by atoms with Crippen LogP contribution >= 0.6 is 11.8 Å². The lowest BCUT2D eigenvalue weighted by Gasteiger charge is -2.12. The Hall–Kier alpha value is -3.13. The van der Waals surface area contributed by atoms with E-state index in [2.05, 4.69) is 41.5 Å². The molecule has 0 bridgehead atoms. The molecule has 0 unspecified atom stereocenters. The zero-order valence-corrected chi connectivity index (χ0v) is 18.6. The molecule has 3 N–H and O–H groups in total. The van der Waals surface area contributed by atoms with Crippen LogP contribution in [0.5, 0.6) is 0 Å². The molecular weight excluding hydrogens is 410 g/mol. The van der Waals surface area contributed by atoms with Gasteiger partial charge in [0.05, 0.1) is 5.75 Å². The number of nitrogens with zero attached hydrogens (tertiary/aromatic N) is 3. The Balaban J connectivity index is 1.59. The first-order valence-electron chi connectivity index (χ1n) is 10.2. The summed E-state index contributed by atoms with van der Waals surface area (Å²) < 4.78 is 1.97. The number of nitrogens with one attached hydrogen (secondary N) is 1. The van der Waals surface area contributed by atoms with E-state index in [1.54, 1.807) is 0 Å². The van der Waals surface area contributed by atoms with Crippen LogP contribution in [0.4, 0.5) is 5.69 Å². The van der Waals surface area contributed by atoms with E-state index >= 15 is 0 Å². The number of benzene rings is 2. The van der Waals surface area contributed by atoms with Crippen LogP contribution in [-0.2, 0) is 22.6 Å². The first-order valence-corrected chi connectivity index (χ1v) is 11.2. The number of carbonyl (C=O) groups excluding carboxylic acids is 2. The monoisotopic (exact) mass is 437 g/mol. The summed E-state index contributed by atoms with van der Waals surface area (Å²) in [5.74, 6) is 0.819. The van der Waals surface area contributed by atoms with Gasteiger partial charge in [0.25, 0.3) is 0 Å². The fourth-order valence-electron chi connectivity index (χ4n) is 3.10. The Morgan fingerprint density at radius 1 is 1.03 bits per heavy atom. The van der Waals surface area contributed by atoms with Gasteiger partial charge in [-0.15, -0.1) is 10.2 Å². The highest BCUT2D eigenvalue weighted by Crippen LogP contribution is 2.22. The lowest BCUT2D eigenvalue weighted by Crippen LogP contribution is -2.16. The van der Waals surface area contributed by atoms with Gasteiger partial charge in [0, 0.05) is 25.1 Å². The lowest BCUT2D eigenvalue weighted by atomic mass is 10.1. The Labute approximate surface area is 186 Å². The van der Waals surface area contributed by atoms with Gasteiger partial charge >= 0.3 is 0 Å². The van der Waals surface area contributed by atoms with Gasteiger partial charge in [0.1, 0.15) is 5.82 Å². The first-order chi connectivity index (χ1) is 14.9. The van der Waals surface area contributed by atoms with Crippen LogP contribution in [0.3, 0.4) is 0 Å². The van der Waals surface area contributed by atoms with E-state index in [-0.39, 0.29) is 24.0 Å². The molecule has 0 spiro atoms. The normalized spacial score (nSPS) is 10.9. The molecular formula is C23H27N5O2S. The molecule has 0 aliphatic carbocycles. The number of aryl methyl sites for hydroxylation is 1. The number of thioether (sulfide) groups is 1. The van der Waals surface area contributed by atoms with Crippen molar-refractivity contribution in [2.45, 2.75) is 38.4 Å². The van der Waals surface area contributed by atoms with E-state index < -0.39 is 0 Å². The topological polar surface area (TPSA) is 103 Å². The predicted molar refractivity (Wildman–Crippen MR) is 124 cm³/mol. The van der Waals surface area contributed by atoms with Gasteiger partial charge in [-0.3, -0.25) is 9.59 Å². The second-order valence-corrected chi connectivity index (χ2v) is 8.59. The number of anilines is 1. The van der Waals surface area contributed by atoms with E-state index in [9.17, 15) is 9.59 Å². The van der Waals surface area contributed by atoms with Gasteiger partial charge < -0.3 is 15.6 Å². The van der Waals surface area contributed by atoms with Crippen molar-refractivity contribution >= 4 is 29.3 Å². The molecule has 2 aromatic carbocycles. The molecule has 0 radical (unpaired) electrons. The molecule has 8 heteroatoms. The van der Waals surface area contributed by atoms with Crippen molar-refractivity contribution < 1.29 is 9.59 Å². The van der Waals surface area contributed by atoms with Crippen molar-refractivity contribution in [2.24, 2.45) is 11.7 Å². The van der Waals surface area contributed by atoms with Crippen molar-refractivity contribution in [1.82, 2.24) is 14.8 Å². The van der Waals surface area contributed by atoms with E-state index in [0.29, 0.717) is 29.9 Å². The summed E-state index contributed by atoms with van der Waals surface area (Å²) in [6.45, 7) is 4.91. The number of aromatic nitrogens is 3. The van der Waals surface area contributed by atoms with Crippen LogP contribution in [0, 0.1) is 5.92 Å². The quantitative estimate of drug-likeness (QED) is 0.470. The van der Waals surface area contributed by atoms with Crippen LogP contribution in [0.15, 0.2) is 59.8 Å². The number of rotatable bonds is 10. The molecule has 0 saturated carbocycles. The van der Waals surface area contributed by atoms with Gasteiger partial charge in [-0.2, -0.15) is 0 Å². The number of carbonyl (C=O) groups is 2. The highest BCUT2D eigenvalue weighted by molar-refractivity contribution is 7.99. The third-order valence-corrected chi connectivity index (χ3v) is 5.51. The maximum atomic E-state index is 12.4. The van der Waals surface area contributed by atoms with Crippen molar-refractivity contribution in [3.63, 3.8) is 0 Å². The minimum Gasteiger partial charge on any atom is -0.370 e. The van der Waals surface area contributed by atoms with Crippen LogP contribution < -0.4 is 11.1 Å². The van der Waals surface area contributed by atoms with Crippen molar-refractivity contribution in [3.8, 4) is 11.1 Å². The summed E-state index contributed by atoms with van der Waals surface area (Å²) in [5, 5.41) is 12.0. The minimum absolute atomic E-state index is 0.116. The Morgan fingerprint density at radius 3 is 2.35 bits per heavy atom. The summed E-state index contributed by atoms with van der Waals surface area (Å²) in [7, 11) is 0. The molecule has 0 aliphatic rings. The van der Waals surface area contributed by atoms with Crippen LogP contribution in [0.1, 0.15) is 26.1 Å². The molecule has 162 valence electrons. The van der Waals surface area contributed by atoms with Crippen molar-refractivity contribution in [2.75, 3.05) is 11.1 Å². The zero-order valence-electron chi connectivity index (χ0n) is 17.7. The first kappa shape index (κ1) is 22.6. The summed E-state index contributed by atoms with van der Waals surface area (Å²) in [5.41, 5.74) is 8.23. The summed E-state index contributed by atoms with van der Waals surface area (Å²) in [4.78, 5) is 23.6. The third kappa shape index (κ3) is 6.68. The highest BCUT2D eigenvalue weighted by atomic mass is 32.2. The smallest absolute Gasteiger partial charge is 0.234 e. The molecule has 3 rings (SSSR count). The number of primary amides is 1. The molecule has 0 fully saturated rings. The maximum absolute atomic E-state index is 12.4. The van der Waals surface area contributed by atoms with Crippen LogP contribution in [0.25, 0.3) is 11.1 Å². The van der Waals surface area contributed by atoms with Gasteiger partial charge in [-0.05, 0) is 29.2 Å². The average Bonchev–Trinajstić information content (AvgIpc) is 3.12. The molecule has 0 aliphatic heterocycles. The molecule has 3 aromatic rings. The van der Waals surface area contributed by atoms with Crippen LogP contribution in [-0.4, -0.2) is 32.3 Å². The lowest BCUT2D eigenvalue weighted by molar-refractivity contribution is -0.118. The Kier molecular flexibility index (Phi) is 7.83. The van der Waals surface area contributed by atoms with E-state index in [1.807, 2.05) is 47.0 Å². The van der Waals surface area contributed by atoms with E-state index in [1.165, 1.54) is 11.8 Å². The molecule has 2 amide bonds. The average molecular weight is 438 g/mol. The second-order valence-electron chi connectivity index (χ2n) is 7.65. The minimum atomic E-state index is -0.369. The van der Waals surface area contributed by atoms with Crippen LogP contribution in [0.2, 0.25) is 0 Å². The number of nitrogens with two attached hydrogens (primary N) is 1. The predicted octanol–water partition coefficient (Wildman–Crippen LogP) is 3.75. The largest absolute Gasteiger partial charge is 0.370 e. The Bertz CT molecular complexity index is 1020. The number of hydrogen-bond acceptors (Lipinski definition) is 5. The third-order valence-electron chi connectivity index (χ3n) is 4.54. The fourth-order valence-corrected chi connectivity index (χ4v) is 3.86. The summed E-state index contributed by atoms with van der Waals surface area (Å²) in [6.07, 6.45) is 0.663. The maximum Gasteiger partial charge on any atom is 0.234 e. The van der Waals surface area contributed by atoms with Gasteiger partial charge in [-0.25, -0.2) is 0 Å². The molecule has 0 atom stereocenters. The fraction of sp³-hybridized carbons (Fsp3) is 0.304. The summed E-state index contributed by atoms with van der Waals surface area (Å²) in [6, 6.07) is 17.9. The molecule has 0 saturated heterocycles. The Morgan fingerprint density at radius 2 is 1.71 bits per heavy atom. The van der Waals surface area contributed by atoms with E-state index in [0.717, 1.165) is 16.8 Å². The highest BCUT2D eigenvalue weighted by Gasteiger charge is 2.16. The molecule has 31 heavy (non-hydrogen) atoms.